The Labute approximate surface area is 274 Å². The number of benzene rings is 1. The van der Waals surface area contributed by atoms with E-state index in [0.29, 0.717) is 26.1 Å². The minimum atomic E-state index is -1.96. The van der Waals surface area contributed by atoms with E-state index in [9.17, 15) is 4.79 Å². The van der Waals surface area contributed by atoms with E-state index in [0.717, 1.165) is 31.2 Å². The third-order valence-electron chi connectivity index (χ3n) is 11.5. The van der Waals surface area contributed by atoms with Crippen molar-refractivity contribution in [3.63, 3.8) is 0 Å². The van der Waals surface area contributed by atoms with Crippen LogP contribution < -0.4 is 0 Å². The average Bonchev–Trinajstić information content (AvgIpc) is 3.63. The lowest BCUT2D eigenvalue weighted by atomic mass is 9.87. The highest BCUT2D eigenvalue weighted by molar-refractivity contribution is 6.74. The number of carbonyl (C=O) groups is 1. The van der Waals surface area contributed by atoms with Gasteiger partial charge in [-0.3, -0.25) is 4.79 Å². The minimum Gasteiger partial charge on any atom is -0.469 e. The van der Waals surface area contributed by atoms with Gasteiger partial charge in [0.25, 0.3) is 0 Å². The van der Waals surface area contributed by atoms with Crippen molar-refractivity contribution in [1.82, 2.24) is 0 Å². The fourth-order valence-corrected chi connectivity index (χ4v) is 8.89. The molecule has 0 amide bonds. The van der Waals surface area contributed by atoms with Crippen molar-refractivity contribution in [3.05, 3.63) is 35.9 Å². The maximum Gasteiger partial charge on any atom is 0.308 e. The highest BCUT2D eigenvalue weighted by Gasteiger charge is 2.68. The van der Waals surface area contributed by atoms with E-state index >= 15 is 0 Å². The first-order valence-corrected chi connectivity index (χ1v) is 20.2. The van der Waals surface area contributed by atoms with Gasteiger partial charge in [0, 0.05) is 19.3 Å². The van der Waals surface area contributed by atoms with E-state index in [4.69, 9.17) is 42.3 Å². The summed E-state index contributed by atoms with van der Waals surface area (Å²) in [6, 6.07) is 10.3. The molecule has 0 radical (unpaired) electrons. The van der Waals surface area contributed by atoms with Crippen LogP contribution in [0.5, 0.6) is 0 Å². The number of hydrogen-bond acceptors (Lipinski definition) is 10. The predicted molar refractivity (Wildman–Crippen MR) is 170 cm³/mol. The summed E-state index contributed by atoms with van der Waals surface area (Å²) in [6.45, 7) is 12.4. The molecule has 46 heavy (non-hydrogen) atoms. The normalized spacial score (nSPS) is 41.4. The Bertz CT molecular complexity index is 1220. The summed E-state index contributed by atoms with van der Waals surface area (Å²) in [4.78, 5) is 12.0. The molecule has 12 atom stereocenters. The first-order chi connectivity index (χ1) is 21.9. The Balaban J connectivity index is 1.02. The molecule has 0 unspecified atom stereocenters. The average molecular weight is 661 g/mol. The third kappa shape index (κ3) is 6.48. The van der Waals surface area contributed by atoms with E-state index in [1.54, 1.807) is 0 Å². The zero-order chi connectivity index (χ0) is 32.3. The van der Waals surface area contributed by atoms with E-state index < -0.39 is 14.1 Å². The zero-order valence-corrected chi connectivity index (χ0v) is 29.2. The van der Waals surface area contributed by atoms with Crippen molar-refractivity contribution >= 4 is 14.3 Å². The van der Waals surface area contributed by atoms with Crippen LogP contribution in [-0.2, 0) is 53.7 Å². The van der Waals surface area contributed by atoms with Crippen LogP contribution in [0.1, 0.15) is 71.3 Å². The SMILES string of the molecule is COC(=O)C[C@H]1CC[C@@H]2O[C@@H]3[C@H]4O[C@@H]5C[C@](CC[C@H]6C[C@H](OCc7ccccc7)[C@H](CO[Si](C)(C)C(C)(C)C)O6)(O[C@H]4[C@H]2O1)O[C@H]35. The van der Waals surface area contributed by atoms with E-state index in [1.165, 1.54) is 7.11 Å². The van der Waals surface area contributed by atoms with Gasteiger partial charge < -0.3 is 42.3 Å². The van der Waals surface area contributed by atoms with Crippen LogP contribution >= 0.6 is 0 Å². The monoisotopic (exact) mass is 660 g/mol. The molecule has 7 aliphatic heterocycles. The highest BCUT2D eigenvalue weighted by Crippen LogP contribution is 2.54. The van der Waals surface area contributed by atoms with Crippen molar-refractivity contribution in [2.75, 3.05) is 13.7 Å². The molecule has 0 saturated carbocycles. The Morgan fingerprint density at radius 2 is 1.65 bits per heavy atom. The van der Waals surface area contributed by atoms with Gasteiger partial charge in [-0.15, -0.1) is 0 Å². The predicted octanol–water partition coefficient (Wildman–Crippen LogP) is 5.06. The van der Waals surface area contributed by atoms with Gasteiger partial charge in [0.2, 0.25) is 0 Å². The molecule has 0 spiro atoms. The quantitative estimate of drug-likeness (QED) is 0.237. The van der Waals surface area contributed by atoms with Crippen LogP contribution in [0.25, 0.3) is 0 Å². The molecule has 10 nitrogen and oxygen atoms in total. The Kier molecular flexibility index (Phi) is 9.21. The fraction of sp³-hybridized carbons (Fsp3) is 0.800. The molecule has 7 heterocycles. The van der Waals surface area contributed by atoms with Crippen molar-refractivity contribution in [2.45, 2.75) is 163 Å². The van der Waals surface area contributed by atoms with E-state index in [-0.39, 0.29) is 84.6 Å². The maximum absolute atomic E-state index is 12.0. The molecule has 11 heteroatoms. The molecule has 6 bridgehead atoms. The van der Waals surface area contributed by atoms with Gasteiger partial charge in [0.1, 0.15) is 36.6 Å². The van der Waals surface area contributed by atoms with Gasteiger partial charge in [0.15, 0.2) is 14.1 Å². The molecule has 256 valence electrons. The molecule has 7 aliphatic rings. The maximum atomic E-state index is 12.0. The summed E-state index contributed by atoms with van der Waals surface area (Å²) in [5, 5.41) is 0.114. The van der Waals surface area contributed by atoms with E-state index in [2.05, 4.69) is 46.0 Å². The number of fused-ring (bicyclic) bond motifs is 1. The summed E-state index contributed by atoms with van der Waals surface area (Å²) in [7, 11) is -0.550. The Hall–Kier alpha value is -1.41. The lowest BCUT2D eigenvalue weighted by molar-refractivity contribution is -0.293. The molecule has 0 aliphatic carbocycles. The Morgan fingerprint density at radius 3 is 2.41 bits per heavy atom. The first kappa shape index (κ1) is 33.1. The van der Waals surface area contributed by atoms with Crippen LogP contribution in [0, 0.1) is 0 Å². The van der Waals surface area contributed by atoms with Crippen molar-refractivity contribution in [2.24, 2.45) is 0 Å². The molecule has 7 fully saturated rings. The lowest BCUT2D eigenvalue weighted by Crippen LogP contribution is -2.61. The van der Waals surface area contributed by atoms with Crippen LogP contribution in [0.2, 0.25) is 18.1 Å². The smallest absolute Gasteiger partial charge is 0.308 e. The van der Waals surface area contributed by atoms with Crippen LogP contribution in [-0.4, -0.2) is 101 Å². The molecular weight excluding hydrogens is 608 g/mol. The topological polar surface area (TPSA) is 100 Å². The summed E-state index contributed by atoms with van der Waals surface area (Å²) < 4.78 is 58.0. The summed E-state index contributed by atoms with van der Waals surface area (Å²) in [5.74, 6) is -1.06. The van der Waals surface area contributed by atoms with Gasteiger partial charge in [-0.1, -0.05) is 51.1 Å². The number of rotatable bonds is 11. The van der Waals surface area contributed by atoms with Crippen LogP contribution in [0.4, 0.5) is 0 Å². The number of esters is 1. The van der Waals surface area contributed by atoms with Gasteiger partial charge >= 0.3 is 5.97 Å². The minimum absolute atomic E-state index is 0.00711. The summed E-state index contributed by atoms with van der Waals surface area (Å²) >= 11 is 0. The summed E-state index contributed by atoms with van der Waals surface area (Å²) in [5.41, 5.74) is 1.15. The number of hydrogen-bond donors (Lipinski definition) is 0. The molecule has 8 rings (SSSR count). The second kappa shape index (κ2) is 12.8. The molecule has 1 aromatic rings. The molecule has 0 aromatic heterocycles. The number of carbonyl (C=O) groups excluding carboxylic acids is 1. The van der Waals surface area contributed by atoms with Crippen LogP contribution in [0.3, 0.4) is 0 Å². The van der Waals surface area contributed by atoms with Gasteiger partial charge in [0.05, 0.1) is 57.3 Å². The van der Waals surface area contributed by atoms with Crippen LogP contribution in [0.15, 0.2) is 30.3 Å². The van der Waals surface area contributed by atoms with Crippen molar-refractivity contribution < 1.29 is 47.1 Å². The Morgan fingerprint density at radius 1 is 0.913 bits per heavy atom. The highest BCUT2D eigenvalue weighted by atomic mass is 28.4. The van der Waals surface area contributed by atoms with Crippen molar-refractivity contribution in [3.8, 4) is 0 Å². The first-order valence-electron chi connectivity index (χ1n) is 17.3. The van der Waals surface area contributed by atoms with E-state index in [1.807, 2.05) is 18.2 Å². The second-order valence-corrected chi connectivity index (χ2v) is 20.4. The fourth-order valence-electron chi connectivity index (χ4n) is 7.87. The standard InChI is InChI=1S/C35H52O10Si/c1-34(2,3)46(5,6)39-20-27-25(38-19-21-10-8-7-9-11-21)16-23(40-27)14-15-35-18-26-30(44-35)31-32(43-26)33(45-35)29-24(42-31)13-12-22(41-29)17-28(36)37-4/h7-11,22-27,29-33H,12-20H2,1-6H3/t22-,23+,24+,25+,26-,27+,29+,30+,31+,32-,33+,35+/m1/s1. The van der Waals surface area contributed by atoms with Gasteiger partial charge in [-0.05, 0) is 43.0 Å². The number of methoxy groups -OCH3 is 1. The molecule has 1 aromatic carbocycles. The second-order valence-electron chi connectivity index (χ2n) is 15.6. The molecule has 7 saturated heterocycles. The van der Waals surface area contributed by atoms with Gasteiger partial charge in [-0.2, -0.15) is 0 Å². The molecular formula is C35H52O10Si. The zero-order valence-electron chi connectivity index (χ0n) is 28.2. The third-order valence-corrected chi connectivity index (χ3v) is 16.0. The largest absolute Gasteiger partial charge is 0.469 e. The van der Waals surface area contributed by atoms with Gasteiger partial charge in [-0.25, -0.2) is 0 Å². The number of ether oxygens (including phenoxy) is 8. The lowest BCUT2D eigenvalue weighted by Gasteiger charge is -2.47. The molecule has 0 N–H and O–H groups in total. The summed E-state index contributed by atoms with van der Waals surface area (Å²) in [6.07, 6.45) is 2.85. The van der Waals surface area contributed by atoms with Crippen molar-refractivity contribution in [1.29, 1.82) is 0 Å².